The topological polar surface area (TPSA) is 64.4 Å². The van der Waals surface area contributed by atoms with Gasteiger partial charge in [0.25, 0.3) is 5.56 Å². The van der Waals surface area contributed by atoms with E-state index >= 15 is 0 Å². The Morgan fingerprint density at radius 2 is 2.08 bits per heavy atom. The fourth-order valence-corrected chi connectivity index (χ4v) is 3.45. The van der Waals surface area contributed by atoms with Crippen molar-refractivity contribution in [2.45, 2.75) is 26.8 Å². The number of aromatic nitrogens is 2. The third-order valence-electron chi connectivity index (χ3n) is 4.72. The molecule has 1 atom stereocenters. The van der Waals surface area contributed by atoms with Gasteiger partial charge < -0.3 is 9.64 Å². The molecule has 1 fully saturated rings. The van der Waals surface area contributed by atoms with Crippen molar-refractivity contribution in [3.63, 3.8) is 0 Å². The third kappa shape index (κ3) is 3.60. The van der Waals surface area contributed by atoms with E-state index in [0.717, 1.165) is 5.56 Å². The molecule has 0 amide bonds. The lowest BCUT2D eigenvalue weighted by Gasteiger charge is -2.24. The summed E-state index contributed by atoms with van der Waals surface area (Å²) >= 11 is 6.35. The van der Waals surface area contributed by atoms with Crippen LogP contribution in [0.3, 0.4) is 0 Å². The number of rotatable bonds is 5. The SMILES string of the molecule is CCOC(=O)C1(C)CCN(c2cnn(Cc3ccccc3)c(=O)c2Cl)C1. The van der Waals surface area contributed by atoms with E-state index in [1.54, 1.807) is 13.1 Å². The lowest BCUT2D eigenvalue weighted by molar-refractivity contribution is -0.153. The Balaban J connectivity index is 1.81. The summed E-state index contributed by atoms with van der Waals surface area (Å²) in [5.41, 5.74) is 0.604. The van der Waals surface area contributed by atoms with Crippen molar-refractivity contribution < 1.29 is 9.53 Å². The molecule has 0 radical (unpaired) electrons. The van der Waals surface area contributed by atoms with Gasteiger partial charge in [0.2, 0.25) is 0 Å². The summed E-state index contributed by atoms with van der Waals surface area (Å²) in [7, 11) is 0. The molecule has 2 heterocycles. The van der Waals surface area contributed by atoms with Crippen molar-refractivity contribution in [3.8, 4) is 0 Å². The highest BCUT2D eigenvalue weighted by Gasteiger charge is 2.42. The first-order valence-electron chi connectivity index (χ1n) is 8.66. The lowest BCUT2D eigenvalue weighted by Crippen LogP contribution is -2.34. The van der Waals surface area contributed by atoms with Crippen molar-refractivity contribution in [2.24, 2.45) is 5.41 Å². The molecule has 1 saturated heterocycles. The molecule has 0 bridgehead atoms. The molecule has 7 heteroatoms. The average Bonchev–Trinajstić information content (AvgIpc) is 3.04. The maximum atomic E-state index is 12.6. The van der Waals surface area contributed by atoms with Crippen LogP contribution in [0.5, 0.6) is 0 Å². The van der Waals surface area contributed by atoms with Gasteiger partial charge in [-0.15, -0.1) is 0 Å². The lowest BCUT2D eigenvalue weighted by atomic mass is 9.90. The second-order valence-electron chi connectivity index (χ2n) is 6.74. The predicted molar refractivity (Wildman–Crippen MR) is 101 cm³/mol. The molecule has 6 nitrogen and oxygen atoms in total. The highest BCUT2D eigenvalue weighted by Crippen LogP contribution is 2.35. The Morgan fingerprint density at radius 3 is 2.77 bits per heavy atom. The van der Waals surface area contributed by atoms with E-state index < -0.39 is 5.41 Å². The maximum Gasteiger partial charge on any atom is 0.313 e. The zero-order valence-corrected chi connectivity index (χ0v) is 15.7. The average molecular weight is 376 g/mol. The Bertz CT molecular complexity index is 853. The summed E-state index contributed by atoms with van der Waals surface area (Å²) in [5, 5.41) is 4.40. The normalized spacial score (nSPS) is 19.6. The van der Waals surface area contributed by atoms with Crippen LogP contribution in [0.4, 0.5) is 5.69 Å². The summed E-state index contributed by atoms with van der Waals surface area (Å²) < 4.78 is 6.52. The van der Waals surface area contributed by atoms with Gasteiger partial charge in [0.05, 0.1) is 30.5 Å². The first kappa shape index (κ1) is 18.5. The summed E-state index contributed by atoms with van der Waals surface area (Å²) in [6.07, 6.45) is 2.25. The summed E-state index contributed by atoms with van der Waals surface area (Å²) in [6, 6.07) is 9.61. The van der Waals surface area contributed by atoms with Crippen LogP contribution < -0.4 is 10.5 Å². The zero-order valence-electron chi connectivity index (χ0n) is 14.9. The molecule has 2 aromatic rings. The number of anilines is 1. The minimum Gasteiger partial charge on any atom is -0.466 e. The van der Waals surface area contributed by atoms with Gasteiger partial charge in [-0.2, -0.15) is 5.10 Å². The maximum absolute atomic E-state index is 12.6. The van der Waals surface area contributed by atoms with Crippen LogP contribution in [-0.2, 0) is 16.1 Å². The molecule has 138 valence electrons. The van der Waals surface area contributed by atoms with Gasteiger partial charge in [-0.25, -0.2) is 4.68 Å². The fourth-order valence-electron chi connectivity index (χ4n) is 3.18. The van der Waals surface area contributed by atoms with E-state index in [1.165, 1.54) is 4.68 Å². The first-order valence-corrected chi connectivity index (χ1v) is 9.04. The molecule has 0 spiro atoms. The Morgan fingerprint density at radius 1 is 1.35 bits per heavy atom. The molecule has 0 saturated carbocycles. The molecular formula is C19H22ClN3O3. The van der Waals surface area contributed by atoms with Crippen LogP contribution in [-0.4, -0.2) is 35.4 Å². The van der Waals surface area contributed by atoms with Crippen LogP contribution in [0.25, 0.3) is 0 Å². The predicted octanol–water partition coefficient (Wildman–Crippen LogP) is 2.72. The number of esters is 1. The zero-order chi connectivity index (χ0) is 18.7. The second kappa shape index (κ2) is 7.50. The molecule has 1 unspecified atom stereocenters. The van der Waals surface area contributed by atoms with Crippen molar-refractivity contribution in [1.29, 1.82) is 0 Å². The minimum atomic E-state index is -0.599. The summed E-state index contributed by atoms with van der Waals surface area (Å²) in [6.45, 7) is 5.46. The summed E-state index contributed by atoms with van der Waals surface area (Å²) in [5.74, 6) is -0.219. The number of ether oxygens (including phenoxy) is 1. The largest absolute Gasteiger partial charge is 0.466 e. The molecule has 1 aromatic carbocycles. The number of carbonyl (C=O) groups is 1. The quantitative estimate of drug-likeness (QED) is 0.752. The minimum absolute atomic E-state index is 0.129. The monoisotopic (exact) mass is 375 g/mol. The van der Waals surface area contributed by atoms with Gasteiger partial charge in [-0.1, -0.05) is 41.9 Å². The van der Waals surface area contributed by atoms with Gasteiger partial charge >= 0.3 is 5.97 Å². The molecule has 1 aliphatic rings. The van der Waals surface area contributed by atoms with Crippen molar-refractivity contribution in [2.75, 3.05) is 24.6 Å². The third-order valence-corrected chi connectivity index (χ3v) is 5.08. The molecule has 1 aromatic heterocycles. The van der Waals surface area contributed by atoms with E-state index in [4.69, 9.17) is 16.3 Å². The number of nitrogens with zero attached hydrogens (tertiary/aromatic N) is 3. The molecule has 26 heavy (non-hydrogen) atoms. The van der Waals surface area contributed by atoms with E-state index in [-0.39, 0.29) is 16.6 Å². The highest BCUT2D eigenvalue weighted by atomic mass is 35.5. The first-order chi connectivity index (χ1) is 12.4. The standard InChI is InChI=1S/C19H22ClN3O3/c1-3-26-18(25)19(2)9-10-22(13-19)15-11-21-23(17(24)16(15)20)12-14-7-5-4-6-8-14/h4-8,11H,3,9-10,12-13H2,1-2H3. The van der Waals surface area contributed by atoms with Gasteiger partial charge in [-0.05, 0) is 25.8 Å². The number of benzene rings is 1. The van der Waals surface area contributed by atoms with E-state index in [9.17, 15) is 9.59 Å². The fraction of sp³-hybridized carbons (Fsp3) is 0.421. The van der Waals surface area contributed by atoms with Crippen molar-refractivity contribution in [1.82, 2.24) is 9.78 Å². The van der Waals surface area contributed by atoms with Crippen LogP contribution in [0.15, 0.2) is 41.3 Å². The number of carbonyl (C=O) groups excluding carboxylic acids is 1. The van der Waals surface area contributed by atoms with Crippen molar-refractivity contribution in [3.05, 3.63) is 57.5 Å². The van der Waals surface area contributed by atoms with Gasteiger partial charge in [0, 0.05) is 13.1 Å². The Hall–Kier alpha value is -2.34. The van der Waals surface area contributed by atoms with Crippen LogP contribution in [0.2, 0.25) is 5.02 Å². The number of hydrogen-bond acceptors (Lipinski definition) is 5. The second-order valence-corrected chi connectivity index (χ2v) is 7.12. The molecule has 3 rings (SSSR count). The van der Waals surface area contributed by atoms with Crippen LogP contribution in [0, 0.1) is 5.41 Å². The number of hydrogen-bond donors (Lipinski definition) is 0. The van der Waals surface area contributed by atoms with E-state index in [0.29, 0.717) is 38.3 Å². The van der Waals surface area contributed by atoms with Crippen LogP contribution >= 0.6 is 11.6 Å². The van der Waals surface area contributed by atoms with Crippen molar-refractivity contribution >= 4 is 23.3 Å². The molecule has 0 N–H and O–H groups in total. The Labute approximate surface area is 157 Å². The smallest absolute Gasteiger partial charge is 0.313 e. The van der Waals surface area contributed by atoms with E-state index in [1.807, 2.05) is 42.2 Å². The van der Waals surface area contributed by atoms with E-state index in [2.05, 4.69) is 5.10 Å². The molecular weight excluding hydrogens is 354 g/mol. The molecule has 1 aliphatic heterocycles. The van der Waals surface area contributed by atoms with Gasteiger partial charge in [0.15, 0.2) is 0 Å². The number of halogens is 1. The van der Waals surface area contributed by atoms with Gasteiger partial charge in [-0.3, -0.25) is 9.59 Å². The molecule has 0 aliphatic carbocycles. The van der Waals surface area contributed by atoms with Gasteiger partial charge in [0.1, 0.15) is 5.02 Å². The summed E-state index contributed by atoms with van der Waals surface area (Å²) in [4.78, 5) is 26.7. The van der Waals surface area contributed by atoms with Crippen LogP contribution in [0.1, 0.15) is 25.8 Å². The Kier molecular flexibility index (Phi) is 5.32. The highest BCUT2D eigenvalue weighted by molar-refractivity contribution is 6.33.